The second-order valence-corrected chi connectivity index (χ2v) is 17.4. The van der Waals surface area contributed by atoms with Crippen LogP contribution in [-0.2, 0) is 24.7 Å². The third-order valence-corrected chi connectivity index (χ3v) is 18.3. The van der Waals surface area contributed by atoms with E-state index in [9.17, 15) is 0 Å². The van der Waals surface area contributed by atoms with Crippen LogP contribution in [-0.4, -0.2) is 8.32 Å². The molecule has 1 nitrogen and oxygen atoms in total. The van der Waals surface area contributed by atoms with Gasteiger partial charge in [-0.1, -0.05) is 0 Å². The van der Waals surface area contributed by atoms with Gasteiger partial charge in [0.15, 0.2) is 0 Å². The molecule has 0 saturated heterocycles. The molecule has 3 aromatic rings. The molecule has 2 aliphatic carbocycles. The molecule has 2 aliphatic rings. The summed E-state index contributed by atoms with van der Waals surface area (Å²) in [6.07, 6.45) is 15.7. The zero-order valence-electron chi connectivity index (χ0n) is 17.4. The van der Waals surface area contributed by atoms with E-state index in [1.54, 1.807) is 0 Å². The normalized spacial score (nSPS) is 15.1. The van der Waals surface area contributed by atoms with Crippen molar-refractivity contribution in [3.63, 3.8) is 0 Å². The summed E-state index contributed by atoms with van der Waals surface area (Å²) in [6, 6.07) is 32.9. The molecule has 0 aliphatic heterocycles. The van der Waals surface area contributed by atoms with E-state index in [1.807, 2.05) is 0 Å². The fourth-order valence-electron chi connectivity index (χ4n) is 4.42. The second kappa shape index (κ2) is 9.44. The van der Waals surface area contributed by atoms with Crippen molar-refractivity contribution in [1.29, 1.82) is 0 Å². The predicted molar refractivity (Wildman–Crippen MR) is 129 cm³/mol. The van der Waals surface area contributed by atoms with Gasteiger partial charge in [0.25, 0.3) is 0 Å². The zero-order chi connectivity index (χ0) is 20.9. The van der Waals surface area contributed by atoms with Crippen molar-refractivity contribution in [1.82, 2.24) is 0 Å². The number of allylic oxidation sites excluding steroid dienone is 8. The van der Waals surface area contributed by atoms with Crippen LogP contribution in [0.2, 0.25) is 0 Å². The van der Waals surface area contributed by atoms with Gasteiger partial charge >= 0.3 is 195 Å². The fourth-order valence-corrected chi connectivity index (χ4v) is 18.8. The molecular formula is C28H25OSiZr. The Balaban J connectivity index is 1.73. The first-order valence-corrected chi connectivity index (χ1v) is 16.2. The van der Waals surface area contributed by atoms with Crippen LogP contribution in [0.15, 0.2) is 134 Å². The molecule has 151 valence electrons. The summed E-state index contributed by atoms with van der Waals surface area (Å²) in [4.78, 5) is 0. The van der Waals surface area contributed by atoms with Crippen LogP contribution in [0.25, 0.3) is 0 Å². The van der Waals surface area contributed by atoms with Gasteiger partial charge < -0.3 is 0 Å². The van der Waals surface area contributed by atoms with E-state index in [1.165, 1.54) is 22.1 Å². The monoisotopic (exact) mass is 495 g/mol. The van der Waals surface area contributed by atoms with E-state index in [0.717, 1.165) is 12.8 Å². The van der Waals surface area contributed by atoms with Gasteiger partial charge in [0, 0.05) is 0 Å². The summed E-state index contributed by atoms with van der Waals surface area (Å²) in [5, 5.41) is 3.97. The molecule has 3 aromatic carbocycles. The second-order valence-electron chi connectivity index (χ2n) is 7.86. The minimum atomic E-state index is -2.67. The Morgan fingerprint density at radius 3 is 1.26 bits per heavy atom. The topological polar surface area (TPSA) is 9.23 Å². The van der Waals surface area contributed by atoms with Crippen molar-refractivity contribution in [2.24, 2.45) is 0 Å². The maximum atomic E-state index is 7.68. The first kappa shape index (κ1) is 20.6. The van der Waals surface area contributed by atoms with Gasteiger partial charge in [-0.05, 0) is 0 Å². The molecule has 0 heterocycles. The molecular weight excluding hydrogens is 472 g/mol. The van der Waals surface area contributed by atoms with Crippen LogP contribution < -0.4 is 15.6 Å². The third-order valence-electron chi connectivity index (χ3n) is 5.92. The Hall–Kier alpha value is -2.32. The van der Waals surface area contributed by atoms with Gasteiger partial charge in [-0.25, -0.2) is 0 Å². The fraction of sp³-hybridized carbons (Fsp3) is 0.0714. The van der Waals surface area contributed by atoms with E-state index in [2.05, 4.69) is 127 Å². The van der Waals surface area contributed by atoms with E-state index >= 15 is 0 Å². The van der Waals surface area contributed by atoms with Crippen LogP contribution in [0.5, 0.6) is 0 Å². The van der Waals surface area contributed by atoms with Gasteiger partial charge in [0.2, 0.25) is 0 Å². The van der Waals surface area contributed by atoms with Crippen LogP contribution >= 0.6 is 0 Å². The van der Waals surface area contributed by atoms with Crippen LogP contribution in [0.4, 0.5) is 0 Å². The Kier molecular flexibility index (Phi) is 6.27. The molecule has 0 atom stereocenters. The summed E-state index contributed by atoms with van der Waals surface area (Å²) in [7, 11) is -2.67. The predicted octanol–water partition coefficient (Wildman–Crippen LogP) is 4.89. The Morgan fingerprint density at radius 1 is 0.548 bits per heavy atom. The van der Waals surface area contributed by atoms with E-state index in [-0.39, 0.29) is 0 Å². The van der Waals surface area contributed by atoms with Gasteiger partial charge in [-0.2, -0.15) is 0 Å². The van der Waals surface area contributed by atoms with Gasteiger partial charge in [0.1, 0.15) is 0 Å². The molecule has 3 heteroatoms. The Bertz CT molecular complexity index is 1020. The SMILES string of the molecule is C1=CC[C]([Zr]([O][Si](c2ccccc2)(c2ccccc2)c2ccccc2)[C]2=CC=CC2)=C1. The number of rotatable bonds is 7. The van der Waals surface area contributed by atoms with Crippen molar-refractivity contribution in [2.75, 3.05) is 0 Å². The molecule has 5 rings (SSSR count). The molecule has 0 saturated carbocycles. The molecule has 0 amide bonds. The van der Waals surface area contributed by atoms with Crippen molar-refractivity contribution in [2.45, 2.75) is 12.8 Å². The van der Waals surface area contributed by atoms with Crippen molar-refractivity contribution in [3.8, 4) is 0 Å². The minimum absolute atomic E-state index is 1.04. The molecule has 0 bridgehead atoms. The first-order chi connectivity index (χ1) is 15.4. The van der Waals surface area contributed by atoms with E-state index < -0.39 is 30.5 Å². The molecule has 31 heavy (non-hydrogen) atoms. The first-order valence-electron chi connectivity index (χ1n) is 10.8. The quantitative estimate of drug-likeness (QED) is 0.334. The molecule has 0 aromatic heterocycles. The summed E-state index contributed by atoms with van der Waals surface area (Å²) in [5.41, 5.74) is 0. The number of hydrogen-bond acceptors (Lipinski definition) is 1. The van der Waals surface area contributed by atoms with Gasteiger partial charge in [0.05, 0.1) is 0 Å². The molecule has 0 radical (unpaired) electrons. The van der Waals surface area contributed by atoms with Crippen molar-refractivity contribution in [3.05, 3.63) is 134 Å². The number of benzene rings is 3. The van der Waals surface area contributed by atoms with Crippen molar-refractivity contribution < 1.29 is 24.7 Å². The average Bonchev–Trinajstić information content (AvgIpc) is 3.57. The van der Waals surface area contributed by atoms with Gasteiger partial charge in [-0.15, -0.1) is 0 Å². The Morgan fingerprint density at radius 2 is 0.935 bits per heavy atom. The van der Waals surface area contributed by atoms with Crippen LogP contribution in [0, 0.1) is 0 Å². The molecule has 0 unspecified atom stereocenters. The molecule has 0 fully saturated rings. The summed E-state index contributed by atoms with van der Waals surface area (Å²) < 4.78 is 10.8. The van der Waals surface area contributed by atoms with Crippen LogP contribution in [0.3, 0.4) is 0 Å². The standard InChI is InChI=1S/C18H15OSi.2C5H5.Zr/c19-20(16-10-4-1-5-11-16,17-12-6-2-7-13-17)18-14-8-3-9-15-18;2*1-2-4-5-3-1;/h1-15H;2*1-3H,4H2;/q-1;;;+1. The maximum absolute atomic E-state index is 7.68. The number of hydrogen-bond donors (Lipinski definition) is 0. The Labute approximate surface area is 194 Å². The third kappa shape index (κ3) is 4.11. The average molecular weight is 497 g/mol. The van der Waals surface area contributed by atoms with Gasteiger partial charge in [-0.3, -0.25) is 0 Å². The summed E-state index contributed by atoms with van der Waals surface area (Å²) in [5.74, 6) is 0. The molecule has 0 N–H and O–H groups in total. The van der Waals surface area contributed by atoms with E-state index in [4.69, 9.17) is 2.50 Å². The molecule has 0 spiro atoms. The van der Waals surface area contributed by atoms with Crippen LogP contribution in [0.1, 0.15) is 12.8 Å². The zero-order valence-corrected chi connectivity index (χ0v) is 20.9. The van der Waals surface area contributed by atoms with Crippen molar-refractivity contribution >= 4 is 23.9 Å². The summed E-state index contributed by atoms with van der Waals surface area (Å²) >= 11 is -2.56. The van der Waals surface area contributed by atoms with E-state index in [0.29, 0.717) is 0 Å². The summed E-state index contributed by atoms with van der Waals surface area (Å²) in [6.45, 7) is 0.